The lowest BCUT2D eigenvalue weighted by atomic mass is 10.1. The van der Waals surface area contributed by atoms with E-state index in [0.29, 0.717) is 5.56 Å². The number of hydrogen-bond acceptors (Lipinski definition) is 3. The summed E-state index contributed by atoms with van der Waals surface area (Å²) in [7, 11) is 1.36. The minimum atomic E-state index is -0.629. The summed E-state index contributed by atoms with van der Waals surface area (Å²) in [6.45, 7) is 1.70. The quantitative estimate of drug-likeness (QED) is 0.470. The Morgan fingerprint density at radius 3 is 2.71 bits per heavy atom. The zero-order valence-corrected chi connectivity index (χ0v) is 8.47. The third-order valence-corrected chi connectivity index (χ3v) is 2.09. The first kappa shape index (κ1) is 10.8. The van der Waals surface area contributed by atoms with Crippen molar-refractivity contribution in [2.45, 2.75) is 6.92 Å². The number of hydrogen-bond donors (Lipinski definition) is 1. The molecule has 0 bridgehead atoms. The monoisotopic (exact) mass is 217 g/mol. The molecule has 0 atom stereocenters. The predicted molar refractivity (Wildman–Crippen MR) is 51.9 cm³/mol. The van der Waals surface area contributed by atoms with Crippen molar-refractivity contribution in [3.05, 3.63) is 29.1 Å². The van der Waals surface area contributed by atoms with Crippen LogP contribution < -0.4 is 4.74 Å². The topological polar surface area (TPSA) is 41.8 Å². The molecule has 0 aliphatic carbocycles. The summed E-state index contributed by atoms with van der Waals surface area (Å²) < 4.78 is 18.4. The molecule has 0 fully saturated rings. The lowest BCUT2D eigenvalue weighted by Crippen LogP contribution is -2.00. The molecule has 1 N–H and O–H groups in total. The molecule has 5 heteroatoms. The highest BCUT2D eigenvalue weighted by molar-refractivity contribution is 6.69. The van der Waals surface area contributed by atoms with Gasteiger partial charge in [0, 0.05) is 0 Å². The highest BCUT2D eigenvalue weighted by Gasteiger charge is 2.14. The Balaban J connectivity index is 3.35. The van der Waals surface area contributed by atoms with Crippen molar-refractivity contribution in [2.75, 3.05) is 7.11 Å². The van der Waals surface area contributed by atoms with E-state index >= 15 is 0 Å². The fraction of sp³-hybridized carbons (Fsp3) is 0.222. The van der Waals surface area contributed by atoms with E-state index < -0.39 is 5.82 Å². The third kappa shape index (κ3) is 1.80. The molecule has 1 aromatic rings. The van der Waals surface area contributed by atoms with Crippen LogP contribution >= 0.6 is 11.6 Å². The molecule has 0 unspecified atom stereocenters. The van der Waals surface area contributed by atoms with Gasteiger partial charge in [-0.1, -0.05) is 22.8 Å². The largest absolute Gasteiger partial charge is 0.493 e. The molecule has 0 amide bonds. The fourth-order valence-corrected chi connectivity index (χ4v) is 1.26. The van der Waals surface area contributed by atoms with Crippen LogP contribution in [0.25, 0.3) is 0 Å². The molecule has 1 aromatic carbocycles. The zero-order chi connectivity index (χ0) is 10.7. The van der Waals surface area contributed by atoms with Crippen molar-refractivity contribution in [3.63, 3.8) is 0 Å². The molecule has 0 saturated heterocycles. The summed E-state index contributed by atoms with van der Waals surface area (Å²) in [5.74, 6) is -0.528. The number of nitrogens with zero attached hydrogens (tertiary/aromatic N) is 1. The van der Waals surface area contributed by atoms with Gasteiger partial charge in [-0.25, -0.2) is 4.39 Å². The van der Waals surface area contributed by atoms with Gasteiger partial charge < -0.3 is 9.94 Å². The fourth-order valence-electron chi connectivity index (χ4n) is 1.12. The van der Waals surface area contributed by atoms with E-state index in [1.165, 1.54) is 13.2 Å². The molecule has 1 rings (SSSR count). The molecule has 14 heavy (non-hydrogen) atoms. The maximum Gasteiger partial charge on any atom is 0.178 e. The van der Waals surface area contributed by atoms with E-state index in [4.69, 9.17) is 21.5 Å². The zero-order valence-electron chi connectivity index (χ0n) is 7.71. The van der Waals surface area contributed by atoms with Gasteiger partial charge in [0.15, 0.2) is 16.7 Å². The maximum atomic E-state index is 13.6. The number of methoxy groups -OCH3 is 1. The van der Waals surface area contributed by atoms with Gasteiger partial charge in [0.05, 0.1) is 12.7 Å². The van der Waals surface area contributed by atoms with Crippen molar-refractivity contribution in [1.29, 1.82) is 0 Å². The SMILES string of the molecule is COc1c(C)ccc(/C(Cl)=N\O)c1F. The molecular weight excluding hydrogens is 209 g/mol. The molecule has 0 aliphatic rings. The number of benzene rings is 1. The van der Waals surface area contributed by atoms with Crippen LogP contribution in [0.2, 0.25) is 0 Å². The van der Waals surface area contributed by atoms with E-state index in [2.05, 4.69) is 5.16 Å². The number of ether oxygens (including phenoxy) is 1. The minimum absolute atomic E-state index is 0.0108. The van der Waals surface area contributed by atoms with Crippen molar-refractivity contribution in [2.24, 2.45) is 5.16 Å². The molecule has 0 aromatic heterocycles. The predicted octanol–water partition coefficient (Wildman–Crippen LogP) is 2.52. The van der Waals surface area contributed by atoms with E-state index in [9.17, 15) is 4.39 Å². The van der Waals surface area contributed by atoms with Gasteiger partial charge in [-0.15, -0.1) is 0 Å². The first-order valence-electron chi connectivity index (χ1n) is 3.82. The van der Waals surface area contributed by atoms with Gasteiger partial charge >= 0.3 is 0 Å². The minimum Gasteiger partial charge on any atom is -0.493 e. The second-order valence-electron chi connectivity index (χ2n) is 2.67. The van der Waals surface area contributed by atoms with Gasteiger partial charge in [-0.2, -0.15) is 0 Å². The van der Waals surface area contributed by atoms with Crippen LogP contribution in [0.15, 0.2) is 17.3 Å². The van der Waals surface area contributed by atoms with Crippen LogP contribution in [0, 0.1) is 12.7 Å². The van der Waals surface area contributed by atoms with E-state index in [1.807, 2.05) is 0 Å². The Morgan fingerprint density at radius 1 is 1.57 bits per heavy atom. The van der Waals surface area contributed by atoms with Crippen LogP contribution in [-0.4, -0.2) is 17.5 Å². The van der Waals surface area contributed by atoms with Gasteiger partial charge in [-0.3, -0.25) is 0 Å². The molecular formula is C9H9ClFNO2. The lowest BCUT2D eigenvalue weighted by molar-refractivity contribution is 0.320. The van der Waals surface area contributed by atoms with Crippen LogP contribution in [0.5, 0.6) is 5.75 Å². The summed E-state index contributed by atoms with van der Waals surface area (Å²) in [4.78, 5) is 0. The van der Waals surface area contributed by atoms with E-state index in [-0.39, 0.29) is 16.5 Å². The first-order valence-corrected chi connectivity index (χ1v) is 4.20. The van der Waals surface area contributed by atoms with Crippen molar-refractivity contribution in [3.8, 4) is 5.75 Å². The molecule has 0 spiro atoms. The Morgan fingerprint density at radius 2 is 2.21 bits per heavy atom. The highest BCUT2D eigenvalue weighted by Crippen LogP contribution is 2.25. The Labute approximate surface area is 85.8 Å². The standard InChI is InChI=1S/C9H9ClFNO2/c1-5-3-4-6(9(10)12-13)7(11)8(5)14-2/h3-4,13H,1-2H3/b12-9+. The third-order valence-electron chi connectivity index (χ3n) is 1.81. The number of oxime groups is 1. The summed E-state index contributed by atoms with van der Waals surface area (Å²) in [5.41, 5.74) is 0.660. The maximum absolute atomic E-state index is 13.6. The molecule has 0 saturated carbocycles. The normalized spacial score (nSPS) is 11.6. The van der Waals surface area contributed by atoms with Gasteiger partial charge in [0.1, 0.15) is 0 Å². The van der Waals surface area contributed by atoms with Crippen LogP contribution in [-0.2, 0) is 0 Å². The molecule has 0 aliphatic heterocycles. The van der Waals surface area contributed by atoms with Crippen LogP contribution in [0.4, 0.5) is 4.39 Å². The summed E-state index contributed by atoms with van der Waals surface area (Å²) >= 11 is 5.48. The van der Waals surface area contributed by atoms with E-state index in [1.54, 1.807) is 13.0 Å². The number of rotatable bonds is 2. The van der Waals surface area contributed by atoms with Gasteiger partial charge in [0.2, 0.25) is 0 Å². The molecule has 0 heterocycles. The second-order valence-corrected chi connectivity index (χ2v) is 3.03. The molecule has 3 nitrogen and oxygen atoms in total. The van der Waals surface area contributed by atoms with E-state index in [0.717, 1.165) is 0 Å². The summed E-state index contributed by atoms with van der Waals surface area (Å²) in [6, 6.07) is 3.06. The van der Waals surface area contributed by atoms with Crippen molar-refractivity contribution in [1.82, 2.24) is 0 Å². The Hall–Kier alpha value is -1.29. The number of aryl methyl sites for hydroxylation is 1. The molecule has 76 valence electrons. The van der Waals surface area contributed by atoms with Crippen LogP contribution in [0.3, 0.4) is 0 Å². The van der Waals surface area contributed by atoms with Crippen molar-refractivity contribution < 1.29 is 14.3 Å². The van der Waals surface area contributed by atoms with Gasteiger partial charge in [0.25, 0.3) is 0 Å². The Kier molecular flexibility index (Phi) is 3.30. The van der Waals surface area contributed by atoms with Crippen LogP contribution in [0.1, 0.15) is 11.1 Å². The lowest BCUT2D eigenvalue weighted by Gasteiger charge is -2.08. The average molecular weight is 218 g/mol. The summed E-state index contributed by atoms with van der Waals surface area (Å²) in [5, 5.41) is 10.8. The summed E-state index contributed by atoms with van der Waals surface area (Å²) in [6.07, 6.45) is 0. The smallest absolute Gasteiger partial charge is 0.178 e. The van der Waals surface area contributed by atoms with Crippen molar-refractivity contribution >= 4 is 16.8 Å². The van der Waals surface area contributed by atoms with Gasteiger partial charge in [-0.05, 0) is 18.6 Å². The Bertz CT molecular complexity index is 379. The highest BCUT2D eigenvalue weighted by atomic mass is 35.5. The number of halogens is 2. The molecule has 0 radical (unpaired) electrons. The average Bonchev–Trinajstić information content (AvgIpc) is 2.18. The first-order chi connectivity index (χ1) is 6.61. The second kappa shape index (κ2) is 4.28.